The van der Waals surface area contributed by atoms with Crippen molar-refractivity contribution in [3.05, 3.63) is 144 Å². The number of rotatable bonds is 8. The van der Waals surface area contributed by atoms with Gasteiger partial charge in [-0.15, -0.1) is 0 Å². The van der Waals surface area contributed by atoms with Crippen molar-refractivity contribution in [2.24, 2.45) is 0 Å². The third-order valence-electron chi connectivity index (χ3n) is 8.22. The zero-order valence-corrected chi connectivity index (χ0v) is 21.3. The van der Waals surface area contributed by atoms with Gasteiger partial charge in [0.2, 0.25) is 0 Å². The fraction of sp³-hybridized carbons (Fsp3) is 0.294. The average Bonchev–Trinajstić information content (AvgIpc) is 2.97. The van der Waals surface area contributed by atoms with Crippen LogP contribution in [0.4, 0.5) is 0 Å². The largest absolute Gasteiger partial charge is 0.338 e. The Morgan fingerprint density at radius 2 is 0.763 bits per heavy atom. The van der Waals surface area contributed by atoms with Crippen molar-refractivity contribution >= 4 is 0 Å². The minimum absolute atomic E-state index is 0.179. The van der Waals surface area contributed by atoms with E-state index in [0.717, 1.165) is 47.9 Å². The monoisotopic (exact) mass is 504 g/mol. The molecule has 3 fully saturated rings. The van der Waals surface area contributed by atoms with Crippen molar-refractivity contribution in [2.45, 2.75) is 61.7 Å². The molecule has 4 nitrogen and oxygen atoms in total. The van der Waals surface area contributed by atoms with Crippen molar-refractivity contribution in [3.8, 4) is 0 Å². The van der Waals surface area contributed by atoms with E-state index >= 15 is 0 Å². The van der Waals surface area contributed by atoms with Gasteiger partial charge in [0.15, 0.2) is 11.6 Å². The highest BCUT2D eigenvalue weighted by atomic mass is 16.8. The molecule has 2 saturated carbocycles. The Bertz CT molecular complexity index is 1160. The van der Waals surface area contributed by atoms with Gasteiger partial charge in [-0.3, -0.25) is 0 Å². The molecule has 0 aromatic heterocycles. The first-order chi connectivity index (χ1) is 18.7. The Kier molecular flexibility index (Phi) is 6.13. The Balaban J connectivity index is 1.17. The summed E-state index contributed by atoms with van der Waals surface area (Å²) in [6, 6.07) is 41.5. The summed E-state index contributed by atoms with van der Waals surface area (Å²) < 4.78 is 27.5. The molecule has 4 aromatic rings. The minimum atomic E-state index is -0.775. The van der Waals surface area contributed by atoms with Gasteiger partial charge in [0, 0.05) is 12.8 Å². The highest BCUT2D eigenvalue weighted by Crippen LogP contribution is 2.57. The summed E-state index contributed by atoms with van der Waals surface area (Å²) in [5.41, 5.74) is 4.43. The fourth-order valence-electron chi connectivity index (χ4n) is 5.94. The van der Waals surface area contributed by atoms with E-state index in [1.807, 2.05) is 24.3 Å². The second-order valence-corrected chi connectivity index (χ2v) is 10.6. The molecule has 0 spiro atoms. The lowest BCUT2D eigenvalue weighted by molar-refractivity contribution is -0.498. The predicted octanol–water partition coefficient (Wildman–Crippen LogP) is 7.36. The van der Waals surface area contributed by atoms with E-state index in [9.17, 15) is 0 Å². The molecule has 0 unspecified atom stereocenters. The molecular weight excluding hydrogens is 472 g/mol. The van der Waals surface area contributed by atoms with E-state index in [1.54, 1.807) is 0 Å². The molecule has 0 N–H and O–H groups in total. The van der Waals surface area contributed by atoms with E-state index in [4.69, 9.17) is 18.9 Å². The Morgan fingerprint density at radius 3 is 1.00 bits per heavy atom. The lowest BCUT2D eigenvalue weighted by atomic mass is 9.78. The normalized spacial score (nSPS) is 27.7. The highest BCUT2D eigenvalue weighted by Gasteiger charge is 2.67. The van der Waals surface area contributed by atoms with Crippen LogP contribution in [0, 0.1) is 0 Å². The second kappa shape index (κ2) is 9.79. The third-order valence-corrected chi connectivity index (χ3v) is 8.22. The predicted molar refractivity (Wildman–Crippen MR) is 145 cm³/mol. The molecule has 38 heavy (non-hydrogen) atoms. The number of ether oxygens (including phenoxy) is 4. The third kappa shape index (κ3) is 4.18. The molecule has 0 amide bonds. The summed E-state index contributed by atoms with van der Waals surface area (Å²) in [5.74, 6) is -1.55. The summed E-state index contributed by atoms with van der Waals surface area (Å²) in [6.45, 7) is 0. The molecule has 7 rings (SSSR count). The van der Waals surface area contributed by atoms with Crippen LogP contribution in [0.1, 0.15) is 60.1 Å². The van der Waals surface area contributed by atoms with Crippen LogP contribution in [0.5, 0.6) is 0 Å². The summed E-state index contributed by atoms with van der Waals surface area (Å²) in [6.07, 6.45) is 2.55. The van der Waals surface area contributed by atoms with E-state index in [0.29, 0.717) is 0 Å². The summed E-state index contributed by atoms with van der Waals surface area (Å²) in [7, 11) is 0. The number of hydrogen-bond acceptors (Lipinski definition) is 4. The van der Waals surface area contributed by atoms with Crippen LogP contribution in [0.2, 0.25) is 0 Å². The van der Waals surface area contributed by atoms with Gasteiger partial charge in [-0.2, -0.15) is 0 Å². The van der Waals surface area contributed by atoms with Gasteiger partial charge in [0.05, 0.1) is 0 Å². The zero-order valence-electron chi connectivity index (χ0n) is 21.3. The first-order valence-corrected chi connectivity index (χ1v) is 13.7. The van der Waals surface area contributed by atoms with Crippen molar-refractivity contribution < 1.29 is 18.9 Å². The van der Waals surface area contributed by atoms with Gasteiger partial charge in [-0.25, -0.2) is 0 Å². The minimum Gasteiger partial charge on any atom is -0.338 e. The molecule has 4 atom stereocenters. The highest BCUT2D eigenvalue weighted by molar-refractivity contribution is 5.32. The molecule has 3 aliphatic rings. The first-order valence-electron chi connectivity index (χ1n) is 13.7. The number of hydrogen-bond donors (Lipinski definition) is 0. The van der Waals surface area contributed by atoms with Crippen molar-refractivity contribution in [2.75, 3.05) is 0 Å². The molecule has 2 aliphatic carbocycles. The van der Waals surface area contributed by atoms with Gasteiger partial charge in [-0.05, 0) is 35.1 Å². The van der Waals surface area contributed by atoms with Crippen LogP contribution >= 0.6 is 0 Å². The number of benzene rings is 4. The van der Waals surface area contributed by atoms with Crippen LogP contribution in [0.3, 0.4) is 0 Å². The summed E-state index contributed by atoms with van der Waals surface area (Å²) in [5, 5.41) is 0. The van der Waals surface area contributed by atoms with Gasteiger partial charge < -0.3 is 18.9 Å². The lowest BCUT2D eigenvalue weighted by Crippen LogP contribution is -2.73. The fourth-order valence-corrected chi connectivity index (χ4v) is 5.94. The topological polar surface area (TPSA) is 36.9 Å². The van der Waals surface area contributed by atoms with Gasteiger partial charge >= 0.3 is 0 Å². The smallest absolute Gasteiger partial charge is 0.196 e. The quantitative estimate of drug-likeness (QED) is 0.251. The lowest BCUT2D eigenvalue weighted by Gasteiger charge is -2.63. The SMILES string of the molecule is c1ccc(C(O[C@@]23CC[C@@H]2O[C@]2(OC(c4ccccc4)c4ccccc4)CC[C@@H]2O3)c2ccccc2)cc1. The summed E-state index contributed by atoms with van der Waals surface area (Å²) in [4.78, 5) is 0. The first kappa shape index (κ1) is 23.8. The van der Waals surface area contributed by atoms with Crippen LogP contribution in [0.15, 0.2) is 121 Å². The zero-order chi connectivity index (χ0) is 25.4. The van der Waals surface area contributed by atoms with E-state index in [2.05, 4.69) is 97.1 Å². The van der Waals surface area contributed by atoms with Gasteiger partial charge in [0.1, 0.15) is 24.4 Å². The Labute approximate surface area is 224 Å². The molecule has 192 valence electrons. The average molecular weight is 505 g/mol. The molecule has 1 heterocycles. The standard InChI is InChI=1S/C34H32O4/c1-5-13-25(14-6-1)31(26-15-7-2-8-16-26)37-33-23-21-29(33)36-34(24-22-30(34)35-33)38-32(27-17-9-3-10-18-27)28-19-11-4-12-20-28/h1-20,29-32H,21-24H2/t29-,30-,33-,34-/m0/s1. The number of fused-ring (bicyclic) bond motifs is 2. The molecule has 1 saturated heterocycles. The van der Waals surface area contributed by atoms with Gasteiger partial charge in [0.25, 0.3) is 0 Å². The molecule has 4 heteroatoms. The van der Waals surface area contributed by atoms with Crippen LogP contribution in [0.25, 0.3) is 0 Å². The summed E-state index contributed by atoms with van der Waals surface area (Å²) >= 11 is 0. The van der Waals surface area contributed by atoms with Crippen molar-refractivity contribution in [1.82, 2.24) is 0 Å². The van der Waals surface area contributed by atoms with Crippen LogP contribution in [-0.4, -0.2) is 23.8 Å². The maximum Gasteiger partial charge on any atom is 0.196 e. The molecular formula is C34H32O4. The van der Waals surface area contributed by atoms with Crippen molar-refractivity contribution in [3.63, 3.8) is 0 Å². The van der Waals surface area contributed by atoms with E-state index in [1.165, 1.54) is 0 Å². The van der Waals surface area contributed by atoms with E-state index < -0.39 is 11.6 Å². The molecule has 0 bridgehead atoms. The Morgan fingerprint density at radius 1 is 0.474 bits per heavy atom. The Hall–Kier alpha value is -3.28. The van der Waals surface area contributed by atoms with Crippen LogP contribution < -0.4 is 0 Å². The van der Waals surface area contributed by atoms with E-state index in [-0.39, 0.29) is 24.4 Å². The van der Waals surface area contributed by atoms with Gasteiger partial charge in [-0.1, -0.05) is 121 Å². The molecule has 1 aliphatic heterocycles. The maximum atomic E-state index is 6.92. The van der Waals surface area contributed by atoms with Crippen molar-refractivity contribution in [1.29, 1.82) is 0 Å². The maximum absolute atomic E-state index is 6.92. The second-order valence-electron chi connectivity index (χ2n) is 10.6. The molecule has 0 radical (unpaired) electrons. The molecule has 4 aromatic carbocycles. The van der Waals surface area contributed by atoms with Crippen LogP contribution in [-0.2, 0) is 18.9 Å².